The van der Waals surface area contributed by atoms with Crippen molar-refractivity contribution in [3.05, 3.63) is 41.4 Å². The molecule has 1 saturated heterocycles. The monoisotopic (exact) mass is 368 g/mol. The summed E-state index contributed by atoms with van der Waals surface area (Å²) in [5, 5.41) is 20.7. The predicted molar refractivity (Wildman–Crippen MR) is 91.1 cm³/mol. The summed E-state index contributed by atoms with van der Waals surface area (Å²) in [6.07, 6.45) is 2.38. The lowest BCUT2D eigenvalue weighted by Gasteiger charge is -2.31. The van der Waals surface area contributed by atoms with Crippen LogP contribution in [0.15, 0.2) is 30.6 Å². The maximum Gasteiger partial charge on any atom is 0.138 e. The zero-order valence-corrected chi connectivity index (χ0v) is 14.6. The molecule has 3 rings (SSSR count). The highest BCUT2D eigenvalue weighted by Crippen LogP contribution is 2.34. The van der Waals surface area contributed by atoms with E-state index in [-0.39, 0.29) is 13.2 Å². The largest absolute Gasteiger partial charge is 0.497 e. The number of nitrogens with zero attached hydrogens (tertiary/aromatic N) is 1. The Labute approximate surface area is 150 Å². The number of aryl methyl sites for hydroxylation is 1. The van der Waals surface area contributed by atoms with Crippen LogP contribution >= 0.6 is 11.6 Å². The fourth-order valence-corrected chi connectivity index (χ4v) is 3.11. The van der Waals surface area contributed by atoms with Gasteiger partial charge in [-0.25, -0.2) is 4.98 Å². The first-order valence-electron chi connectivity index (χ1n) is 7.99. The number of aromatic nitrogens is 2. The van der Waals surface area contributed by atoms with Crippen LogP contribution < -0.4 is 9.47 Å². The van der Waals surface area contributed by atoms with E-state index in [0.717, 1.165) is 5.82 Å². The van der Waals surface area contributed by atoms with E-state index in [1.165, 1.54) is 0 Å². The Morgan fingerprint density at radius 1 is 1.44 bits per heavy atom. The smallest absolute Gasteiger partial charge is 0.138 e. The van der Waals surface area contributed by atoms with Crippen molar-refractivity contribution in [3.63, 3.8) is 0 Å². The van der Waals surface area contributed by atoms with Gasteiger partial charge in [0, 0.05) is 24.9 Å². The van der Waals surface area contributed by atoms with Crippen LogP contribution in [-0.2, 0) is 11.2 Å². The minimum atomic E-state index is -1.06. The van der Waals surface area contributed by atoms with Crippen LogP contribution in [0.3, 0.4) is 0 Å². The van der Waals surface area contributed by atoms with Crippen molar-refractivity contribution < 1.29 is 24.4 Å². The van der Waals surface area contributed by atoms with Crippen molar-refractivity contribution in [2.24, 2.45) is 0 Å². The quantitative estimate of drug-likeness (QED) is 0.686. The molecule has 1 aliphatic rings. The van der Waals surface area contributed by atoms with Gasteiger partial charge in [-0.1, -0.05) is 11.6 Å². The zero-order chi connectivity index (χ0) is 17.9. The van der Waals surface area contributed by atoms with Crippen LogP contribution in [0.25, 0.3) is 0 Å². The molecule has 7 nitrogen and oxygen atoms in total. The number of halogens is 1. The summed E-state index contributed by atoms with van der Waals surface area (Å²) in [5.74, 6) is 1.86. The molecule has 0 saturated carbocycles. The van der Waals surface area contributed by atoms with Gasteiger partial charge in [-0.05, 0) is 18.6 Å². The molecule has 1 aromatic carbocycles. The van der Waals surface area contributed by atoms with Gasteiger partial charge in [-0.2, -0.15) is 0 Å². The van der Waals surface area contributed by atoms with Gasteiger partial charge in [-0.3, -0.25) is 0 Å². The molecular formula is C17H21ClN2O5. The number of ether oxygens (including phenoxy) is 3. The molecule has 0 radical (unpaired) electrons. The van der Waals surface area contributed by atoms with E-state index in [1.807, 2.05) is 0 Å². The van der Waals surface area contributed by atoms with Crippen molar-refractivity contribution in [1.82, 2.24) is 9.97 Å². The number of hydrogen-bond acceptors (Lipinski definition) is 6. The molecule has 2 heterocycles. The van der Waals surface area contributed by atoms with E-state index < -0.39 is 17.8 Å². The first-order chi connectivity index (χ1) is 12.0. The Bertz CT molecular complexity index is 696. The number of aliphatic hydroxyl groups is 2. The number of hydrogen-bond donors (Lipinski definition) is 3. The van der Waals surface area contributed by atoms with Crippen molar-refractivity contribution >= 4 is 11.6 Å². The fraction of sp³-hybridized carbons (Fsp3) is 0.471. The van der Waals surface area contributed by atoms with Gasteiger partial charge >= 0.3 is 0 Å². The second kappa shape index (κ2) is 7.61. The van der Waals surface area contributed by atoms with Gasteiger partial charge < -0.3 is 29.4 Å². The van der Waals surface area contributed by atoms with E-state index in [4.69, 9.17) is 25.8 Å². The highest BCUT2D eigenvalue weighted by molar-refractivity contribution is 6.32. The second-order valence-corrected chi connectivity index (χ2v) is 6.42. The fourth-order valence-electron chi connectivity index (χ4n) is 2.89. The molecule has 3 atom stereocenters. The predicted octanol–water partition coefficient (Wildman–Crippen LogP) is 1.57. The molecule has 136 valence electrons. The van der Waals surface area contributed by atoms with Crippen LogP contribution in [-0.4, -0.2) is 58.3 Å². The number of methoxy groups -OCH3 is 1. The Kier molecular flexibility index (Phi) is 5.48. The summed E-state index contributed by atoms with van der Waals surface area (Å²) in [5.41, 5.74) is -1.03. The number of aliphatic hydroxyl groups excluding tert-OH is 2. The van der Waals surface area contributed by atoms with Gasteiger partial charge in [0.15, 0.2) is 0 Å². The van der Waals surface area contributed by atoms with E-state index >= 15 is 0 Å². The molecule has 0 spiro atoms. The van der Waals surface area contributed by atoms with E-state index in [9.17, 15) is 10.2 Å². The summed E-state index contributed by atoms with van der Waals surface area (Å²) in [6, 6.07) is 5.07. The average molecular weight is 369 g/mol. The summed E-state index contributed by atoms with van der Waals surface area (Å²) < 4.78 is 16.6. The minimum absolute atomic E-state index is 0.0536. The highest BCUT2D eigenvalue weighted by Gasteiger charge is 2.49. The van der Waals surface area contributed by atoms with Crippen LogP contribution in [0.2, 0.25) is 5.02 Å². The van der Waals surface area contributed by atoms with E-state index in [2.05, 4.69) is 9.97 Å². The third-order valence-electron chi connectivity index (χ3n) is 4.40. The summed E-state index contributed by atoms with van der Waals surface area (Å²) >= 11 is 6.19. The number of H-pyrrole nitrogens is 1. The topological polar surface area (TPSA) is 96.8 Å². The molecule has 1 fully saturated rings. The van der Waals surface area contributed by atoms with Gasteiger partial charge in [-0.15, -0.1) is 0 Å². The van der Waals surface area contributed by atoms with Crippen molar-refractivity contribution in [2.75, 3.05) is 20.3 Å². The normalized spacial score (nSPS) is 25.9. The van der Waals surface area contributed by atoms with Crippen LogP contribution in [0.1, 0.15) is 12.2 Å². The molecule has 1 aliphatic heterocycles. The first-order valence-corrected chi connectivity index (χ1v) is 8.36. The minimum Gasteiger partial charge on any atom is -0.497 e. The molecule has 0 bridgehead atoms. The molecule has 1 aromatic heterocycles. The maximum atomic E-state index is 10.4. The van der Waals surface area contributed by atoms with Gasteiger partial charge in [0.2, 0.25) is 0 Å². The molecular weight excluding hydrogens is 348 g/mol. The third kappa shape index (κ3) is 3.90. The lowest BCUT2D eigenvalue weighted by atomic mass is 9.91. The average Bonchev–Trinajstić information content (AvgIpc) is 3.23. The SMILES string of the molecule is COc1ccc(OC[C@@]2(CCc3ncc[nH]3)OC[C@H](O)[C@H]2O)c(Cl)c1. The van der Waals surface area contributed by atoms with Gasteiger partial charge in [0.1, 0.15) is 41.7 Å². The van der Waals surface area contributed by atoms with Crippen molar-refractivity contribution in [1.29, 1.82) is 0 Å². The Balaban J connectivity index is 1.72. The molecule has 8 heteroatoms. The number of imidazole rings is 1. The second-order valence-electron chi connectivity index (χ2n) is 6.01. The third-order valence-corrected chi connectivity index (χ3v) is 4.69. The number of benzene rings is 1. The maximum absolute atomic E-state index is 10.4. The molecule has 25 heavy (non-hydrogen) atoms. The Morgan fingerprint density at radius 2 is 2.28 bits per heavy atom. The summed E-state index contributed by atoms with van der Waals surface area (Å²) in [7, 11) is 1.56. The standard InChI is InChI=1S/C17H21ClN2O5/c1-23-11-2-3-14(12(18)8-11)24-10-17(16(22)13(21)9-25-17)5-4-15-19-6-7-20-15/h2-3,6-8,13,16,21-22H,4-5,9-10H2,1H3,(H,19,20)/t13-,16+,17+/m0/s1. The lowest BCUT2D eigenvalue weighted by molar-refractivity contribution is -0.0936. The molecule has 0 aliphatic carbocycles. The Morgan fingerprint density at radius 3 is 2.88 bits per heavy atom. The molecule has 0 unspecified atom stereocenters. The van der Waals surface area contributed by atoms with E-state index in [0.29, 0.717) is 29.4 Å². The van der Waals surface area contributed by atoms with Crippen LogP contribution in [0, 0.1) is 0 Å². The molecule has 3 N–H and O–H groups in total. The number of rotatable bonds is 7. The summed E-state index contributed by atoms with van der Waals surface area (Å²) in [4.78, 5) is 7.19. The number of aromatic amines is 1. The van der Waals surface area contributed by atoms with E-state index in [1.54, 1.807) is 37.7 Å². The Hall–Kier alpha value is -1.80. The molecule has 0 amide bonds. The van der Waals surface area contributed by atoms with Crippen molar-refractivity contribution in [3.8, 4) is 11.5 Å². The van der Waals surface area contributed by atoms with Gasteiger partial charge in [0.25, 0.3) is 0 Å². The zero-order valence-electron chi connectivity index (χ0n) is 13.8. The highest BCUT2D eigenvalue weighted by atomic mass is 35.5. The van der Waals surface area contributed by atoms with Crippen LogP contribution in [0.4, 0.5) is 0 Å². The summed E-state index contributed by atoms with van der Waals surface area (Å²) in [6.45, 7) is 0.108. The number of nitrogens with one attached hydrogen (secondary N) is 1. The molecule has 2 aromatic rings. The van der Waals surface area contributed by atoms with Crippen molar-refractivity contribution in [2.45, 2.75) is 30.7 Å². The first kappa shape index (κ1) is 18.0. The van der Waals surface area contributed by atoms with Crippen LogP contribution in [0.5, 0.6) is 11.5 Å². The lowest BCUT2D eigenvalue weighted by Crippen LogP contribution is -2.48. The van der Waals surface area contributed by atoms with Gasteiger partial charge in [0.05, 0.1) is 18.7 Å².